The smallest absolute Gasteiger partial charge is 0.376 e. The first kappa shape index (κ1) is 12.2. The molecule has 86 valence electrons. The van der Waals surface area contributed by atoms with Crippen molar-refractivity contribution in [3.05, 3.63) is 33.8 Å². The fourth-order valence-electron chi connectivity index (χ4n) is 2.48. The third-order valence-electron chi connectivity index (χ3n) is 3.42. The summed E-state index contributed by atoms with van der Waals surface area (Å²) in [4.78, 5) is 2.13. The van der Waals surface area contributed by atoms with Crippen LogP contribution in [0.25, 0.3) is 0 Å². The van der Waals surface area contributed by atoms with E-state index in [0.717, 1.165) is 24.0 Å². The molecule has 0 radical (unpaired) electrons. The molecule has 1 aliphatic rings. The van der Waals surface area contributed by atoms with Crippen molar-refractivity contribution < 1.29 is 5.02 Å². The van der Waals surface area contributed by atoms with Gasteiger partial charge in [-0.3, -0.25) is 0 Å². The van der Waals surface area contributed by atoms with Crippen molar-refractivity contribution >= 4 is 23.0 Å². The van der Waals surface area contributed by atoms with E-state index >= 15 is 0 Å². The molecule has 16 heavy (non-hydrogen) atoms. The van der Waals surface area contributed by atoms with Gasteiger partial charge in [0, 0.05) is 4.47 Å². The summed E-state index contributed by atoms with van der Waals surface area (Å²) >= 11 is 3.49. The van der Waals surface area contributed by atoms with Gasteiger partial charge in [0.25, 0.3) is 0 Å². The van der Waals surface area contributed by atoms with Gasteiger partial charge in [-0.25, -0.2) is 0 Å². The van der Waals surface area contributed by atoms with E-state index in [1.54, 1.807) is 0 Å². The number of halogens is 1. The normalized spacial score (nSPS) is 21.4. The minimum Gasteiger partial charge on any atom is -0.437 e. The summed E-state index contributed by atoms with van der Waals surface area (Å²) in [5.74, 6) is 0.572. The molecule has 1 aromatic carbocycles. The maximum atomic E-state index is 9.55. The maximum Gasteiger partial charge on any atom is 0.376 e. The number of benzene rings is 1. The molecular formula is C12H17BBrNO. The molecular weight excluding hydrogens is 265 g/mol. The summed E-state index contributed by atoms with van der Waals surface area (Å²) < 4.78 is 1.14. The van der Waals surface area contributed by atoms with Crippen molar-refractivity contribution in [2.45, 2.75) is 26.1 Å². The van der Waals surface area contributed by atoms with E-state index in [0.29, 0.717) is 5.92 Å². The van der Waals surface area contributed by atoms with E-state index in [1.807, 2.05) is 6.82 Å². The average molecular weight is 282 g/mol. The van der Waals surface area contributed by atoms with Gasteiger partial charge in [0.2, 0.25) is 0 Å². The van der Waals surface area contributed by atoms with Crippen molar-refractivity contribution in [2.24, 2.45) is 0 Å². The Bertz CT molecular complexity index is 383. The molecule has 0 bridgehead atoms. The highest BCUT2D eigenvalue weighted by molar-refractivity contribution is 9.10. The summed E-state index contributed by atoms with van der Waals surface area (Å²) in [5, 5.41) is 9.55. The molecule has 1 fully saturated rings. The Morgan fingerprint density at radius 2 is 2.25 bits per heavy atom. The van der Waals surface area contributed by atoms with Gasteiger partial charge in [-0.1, -0.05) is 22.0 Å². The van der Waals surface area contributed by atoms with Gasteiger partial charge in [-0.15, -0.1) is 0 Å². The largest absolute Gasteiger partial charge is 0.437 e. The molecule has 2 rings (SSSR count). The van der Waals surface area contributed by atoms with Crippen LogP contribution in [-0.2, 0) is 0 Å². The second-order valence-corrected chi connectivity index (χ2v) is 5.53. The second kappa shape index (κ2) is 4.90. The Balaban J connectivity index is 2.14. The lowest BCUT2D eigenvalue weighted by molar-refractivity contribution is 0.420. The quantitative estimate of drug-likeness (QED) is 0.843. The summed E-state index contributed by atoms with van der Waals surface area (Å²) in [7, 11) is -0.319. The van der Waals surface area contributed by atoms with E-state index in [1.165, 1.54) is 11.1 Å². The average Bonchev–Trinajstić information content (AvgIpc) is 2.66. The van der Waals surface area contributed by atoms with Gasteiger partial charge in [0.15, 0.2) is 0 Å². The first-order chi connectivity index (χ1) is 7.58. The number of hydrogen-bond acceptors (Lipinski definition) is 2. The van der Waals surface area contributed by atoms with E-state index in [2.05, 4.69) is 45.9 Å². The highest BCUT2D eigenvalue weighted by Gasteiger charge is 2.28. The summed E-state index contributed by atoms with van der Waals surface area (Å²) in [5.41, 5.74) is 2.76. The van der Waals surface area contributed by atoms with Crippen molar-refractivity contribution in [3.8, 4) is 0 Å². The van der Waals surface area contributed by atoms with Gasteiger partial charge >= 0.3 is 7.05 Å². The van der Waals surface area contributed by atoms with Crippen LogP contribution in [0.2, 0.25) is 6.82 Å². The highest BCUT2D eigenvalue weighted by Crippen LogP contribution is 2.30. The standard InChI is InChI=1S/C12H17BBrNO/c1-9-7-11(14)3-4-12(9)10-5-6-15(8-10)13(2)16/h3-4,7,10,16H,5-6,8H2,1-2H3. The molecule has 1 N–H and O–H groups in total. The van der Waals surface area contributed by atoms with Crippen molar-refractivity contribution in [1.82, 2.24) is 4.81 Å². The Kier molecular flexibility index (Phi) is 3.72. The fraction of sp³-hybridized carbons (Fsp3) is 0.500. The van der Waals surface area contributed by atoms with E-state index in [9.17, 15) is 5.02 Å². The first-order valence-corrected chi connectivity index (χ1v) is 6.55. The van der Waals surface area contributed by atoms with Gasteiger partial charge in [0.05, 0.1) is 0 Å². The molecule has 1 unspecified atom stereocenters. The summed E-state index contributed by atoms with van der Waals surface area (Å²) in [6, 6.07) is 6.48. The summed E-state index contributed by atoms with van der Waals surface area (Å²) in [6.07, 6.45) is 1.15. The lowest BCUT2D eigenvalue weighted by Crippen LogP contribution is -2.34. The zero-order valence-electron chi connectivity index (χ0n) is 9.78. The SMILES string of the molecule is CB(O)N1CCC(c2ccc(Br)cc2C)C1. The molecule has 1 saturated heterocycles. The van der Waals surface area contributed by atoms with Crippen LogP contribution in [0.1, 0.15) is 23.5 Å². The third kappa shape index (κ3) is 2.50. The van der Waals surface area contributed by atoms with Crippen LogP contribution in [0.4, 0.5) is 0 Å². The van der Waals surface area contributed by atoms with Crippen LogP contribution in [0, 0.1) is 6.92 Å². The van der Waals surface area contributed by atoms with Gasteiger partial charge in [0.1, 0.15) is 0 Å². The monoisotopic (exact) mass is 281 g/mol. The van der Waals surface area contributed by atoms with E-state index < -0.39 is 0 Å². The maximum absolute atomic E-state index is 9.55. The molecule has 2 nitrogen and oxygen atoms in total. The molecule has 0 amide bonds. The van der Waals surface area contributed by atoms with E-state index in [4.69, 9.17) is 0 Å². The van der Waals surface area contributed by atoms with Crippen LogP contribution in [-0.4, -0.2) is 30.0 Å². The third-order valence-corrected chi connectivity index (χ3v) is 3.91. The minimum atomic E-state index is -0.319. The Labute approximate surface area is 106 Å². The molecule has 4 heteroatoms. The van der Waals surface area contributed by atoms with Crippen LogP contribution in [0.3, 0.4) is 0 Å². The minimum absolute atomic E-state index is 0.319. The van der Waals surface area contributed by atoms with Crippen molar-refractivity contribution in [1.29, 1.82) is 0 Å². The van der Waals surface area contributed by atoms with Gasteiger partial charge in [-0.05, 0) is 62.4 Å². The molecule has 1 aromatic rings. The predicted molar refractivity (Wildman–Crippen MR) is 71.6 cm³/mol. The fourth-order valence-corrected chi connectivity index (χ4v) is 2.95. The highest BCUT2D eigenvalue weighted by atomic mass is 79.9. The Hall–Kier alpha value is -0.315. The van der Waals surface area contributed by atoms with Crippen LogP contribution in [0.5, 0.6) is 0 Å². The Morgan fingerprint density at radius 3 is 2.81 bits per heavy atom. The zero-order valence-corrected chi connectivity index (χ0v) is 11.4. The Morgan fingerprint density at radius 1 is 1.50 bits per heavy atom. The molecule has 0 aromatic heterocycles. The van der Waals surface area contributed by atoms with Gasteiger partial charge < -0.3 is 9.83 Å². The number of aryl methyl sites for hydroxylation is 1. The first-order valence-electron chi connectivity index (χ1n) is 5.76. The lowest BCUT2D eigenvalue weighted by atomic mass is 9.85. The number of nitrogens with zero attached hydrogens (tertiary/aromatic N) is 1. The molecule has 1 aliphatic heterocycles. The molecule has 1 atom stereocenters. The summed E-state index contributed by atoms with van der Waals surface area (Å²) in [6.45, 7) is 5.97. The topological polar surface area (TPSA) is 23.5 Å². The molecule has 1 heterocycles. The van der Waals surface area contributed by atoms with Crippen LogP contribution < -0.4 is 0 Å². The molecule has 0 saturated carbocycles. The van der Waals surface area contributed by atoms with Crippen LogP contribution >= 0.6 is 15.9 Å². The van der Waals surface area contributed by atoms with Crippen LogP contribution in [0.15, 0.2) is 22.7 Å². The zero-order chi connectivity index (χ0) is 11.7. The van der Waals surface area contributed by atoms with Crippen molar-refractivity contribution in [2.75, 3.05) is 13.1 Å². The van der Waals surface area contributed by atoms with Gasteiger partial charge in [-0.2, -0.15) is 0 Å². The molecule has 0 aliphatic carbocycles. The second-order valence-electron chi connectivity index (χ2n) is 4.61. The lowest BCUT2D eigenvalue weighted by Gasteiger charge is -2.17. The van der Waals surface area contributed by atoms with Crippen molar-refractivity contribution in [3.63, 3.8) is 0 Å². The predicted octanol–water partition coefficient (Wildman–Crippen LogP) is 2.66. The van der Waals surface area contributed by atoms with E-state index in [-0.39, 0.29) is 7.05 Å². The number of hydrogen-bond donors (Lipinski definition) is 1. The molecule has 0 spiro atoms. The number of rotatable bonds is 2.